The van der Waals surface area contributed by atoms with Crippen LogP contribution in [0.3, 0.4) is 0 Å². The molecule has 0 atom stereocenters. The normalized spacial score (nSPS) is 15.3. The van der Waals surface area contributed by atoms with E-state index in [9.17, 15) is 13.0 Å². The molecule has 1 N–H and O–H groups in total. The maximum atomic E-state index is 11.3. The Labute approximate surface area is 229 Å². The molecular weight excluding hydrogens is 545 g/mol. The summed E-state index contributed by atoms with van der Waals surface area (Å²) in [5.41, 5.74) is 3.48. The van der Waals surface area contributed by atoms with Crippen molar-refractivity contribution in [1.29, 1.82) is 0 Å². The van der Waals surface area contributed by atoms with Gasteiger partial charge in [-0.15, -0.1) is 11.3 Å². The number of methoxy groups -OCH3 is 1. The average Bonchev–Trinajstić information content (AvgIpc) is 3.57. The molecule has 0 fully saturated rings. The van der Waals surface area contributed by atoms with Crippen molar-refractivity contribution >= 4 is 76.6 Å². The zero-order valence-corrected chi connectivity index (χ0v) is 24.2. The first-order chi connectivity index (χ1) is 17.8. The number of thioether (sulfide) groups is 1. The number of nitrogens with zero attached hydrogens (tertiary/aromatic N) is 2. The third-order valence-corrected chi connectivity index (χ3v) is 10.3. The smallest absolute Gasteiger partial charge is 0.264 e. The number of allylic oxidation sites excluding steroid dienone is 2. The second-order valence-corrected chi connectivity index (χ2v) is 13.4. The van der Waals surface area contributed by atoms with Gasteiger partial charge in [0.1, 0.15) is 17.0 Å². The number of fused-ring (bicyclic) bond motifs is 4. The lowest BCUT2D eigenvalue weighted by atomic mass is 10.2. The fraction of sp³-hybridized carbons (Fsp3) is 0.296. The highest BCUT2D eigenvalue weighted by atomic mass is 32.2. The van der Waals surface area contributed by atoms with Gasteiger partial charge in [-0.25, -0.2) is 0 Å². The van der Waals surface area contributed by atoms with E-state index in [1.807, 2.05) is 29.5 Å². The van der Waals surface area contributed by atoms with Crippen molar-refractivity contribution in [3.63, 3.8) is 0 Å². The zero-order chi connectivity index (χ0) is 26.2. The first kappa shape index (κ1) is 26.2. The minimum Gasteiger partial charge on any atom is -0.497 e. The van der Waals surface area contributed by atoms with Gasteiger partial charge in [-0.3, -0.25) is 4.55 Å². The van der Waals surface area contributed by atoms with Gasteiger partial charge in [-0.2, -0.15) is 13.0 Å². The van der Waals surface area contributed by atoms with Crippen LogP contribution in [-0.2, 0) is 16.7 Å². The highest BCUT2D eigenvalue weighted by Crippen LogP contribution is 2.48. The van der Waals surface area contributed by atoms with Gasteiger partial charge in [-0.1, -0.05) is 30.0 Å². The van der Waals surface area contributed by atoms with Crippen LogP contribution in [0.5, 0.6) is 5.75 Å². The predicted molar refractivity (Wildman–Crippen MR) is 157 cm³/mol. The quantitative estimate of drug-likeness (QED) is 0.172. The molecule has 1 aliphatic rings. The number of ether oxygens (including phenoxy) is 1. The number of rotatable bonds is 9. The van der Waals surface area contributed by atoms with E-state index in [4.69, 9.17) is 4.74 Å². The van der Waals surface area contributed by atoms with Gasteiger partial charge in [-0.05, 0) is 67.1 Å². The van der Waals surface area contributed by atoms with E-state index in [1.165, 1.54) is 30.9 Å². The molecule has 4 aromatic rings. The molecule has 2 aromatic heterocycles. The van der Waals surface area contributed by atoms with Crippen LogP contribution < -0.4 is 14.2 Å². The van der Waals surface area contributed by atoms with Crippen molar-refractivity contribution in [2.75, 3.05) is 24.3 Å². The van der Waals surface area contributed by atoms with E-state index >= 15 is 0 Å². The summed E-state index contributed by atoms with van der Waals surface area (Å²) in [6, 6.07) is 12.6. The molecule has 0 aliphatic carbocycles. The van der Waals surface area contributed by atoms with Crippen LogP contribution in [0.25, 0.3) is 26.4 Å². The molecule has 6 nitrogen and oxygen atoms in total. The van der Waals surface area contributed by atoms with Gasteiger partial charge in [0.2, 0.25) is 5.52 Å². The molecule has 194 valence electrons. The Hall–Kier alpha value is -2.37. The lowest BCUT2D eigenvalue weighted by molar-refractivity contribution is -0.664. The molecule has 0 saturated heterocycles. The zero-order valence-electron chi connectivity index (χ0n) is 20.9. The molecule has 0 bridgehead atoms. The molecule has 0 radical (unpaired) electrons. The number of benzene rings is 2. The van der Waals surface area contributed by atoms with E-state index < -0.39 is 10.1 Å². The van der Waals surface area contributed by atoms with Crippen LogP contribution in [0.15, 0.2) is 63.4 Å². The monoisotopic (exact) mass is 573 g/mol. The second kappa shape index (κ2) is 10.8. The van der Waals surface area contributed by atoms with E-state index in [0.717, 1.165) is 34.3 Å². The van der Waals surface area contributed by atoms with Gasteiger partial charge in [0, 0.05) is 28.3 Å². The van der Waals surface area contributed by atoms with Crippen molar-refractivity contribution < 1.29 is 22.3 Å². The summed E-state index contributed by atoms with van der Waals surface area (Å²) in [5, 5.41) is 5.71. The Morgan fingerprint density at radius 2 is 1.97 bits per heavy atom. The van der Waals surface area contributed by atoms with Crippen LogP contribution in [0.1, 0.15) is 31.7 Å². The van der Waals surface area contributed by atoms with E-state index in [1.54, 1.807) is 30.2 Å². The van der Waals surface area contributed by atoms with Crippen molar-refractivity contribution in [3.05, 3.63) is 63.5 Å². The minimum atomic E-state index is -4.01. The molecular formula is C27H29N2O4S4+. The summed E-state index contributed by atoms with van der Waals surface area (Å²) in [5.74, 6) is 0.479. The maximum absolute atomic E-state index is 11.3. The fourth-order valence-electron chi connectivity index (χ4n) is 4.58. The SMILES string of the molecule is CCC(/C=C1\Sc2ccc(OC)cc2N1CCCS(=O)(=O)O)=C\c1sc2ccc3sccc3c2[n+]1CC. The van der Waals surface area contributed by atoms with Crippen molar-refractivity contribution in [3.8, 4) is 5.75 Å². The van der Waals surface area contributed by atoms with E-state index in [0.29, 0.717) is 13.0 Å². The third kappa shape index (κ3) is 5.44. The van der Waals surface area contributed by atoms with Crippen molar-refractivity contribution in [2.45, 2.75) is 38.1 Å². The van der Waals surface area contributed by atoms with Crippen LogP contribution in [0, 0.1) is 0 Å². The summed E-state index contributed by atoms with van der Waals surface area (Å²) in [6.45, 7) is 5.70. The molecule has 3 heterocycles. The molecule has 0 saturated carbocycles. The van der Waals surface area contributed by atoms with Crippen LogP contribution in [-0.4, -0.2) is 32.4 Å². The Balaban J connectivity index is 1.54. The van der Waals surface area contributed by atoms with E-state index in [2.05, 4.69) is 59.0 Å². The molecule has 10 heteroatoms. The molecule has 0 unspecified atom stereocenters. The number of aryl methyl sites for hydroxylation is 1. The average molecular weight is 574 g/mol. The summed E-state index contributed by atoms with van der Waals surface area (Å²) in [6.07, 6.45) is 5.66. The molecule has 0 amide bonds. The van der Waals surface area contributed by atoms with Crippen LogP contribution >= 0.6 is 34.4 Å². The number of hydrogen-bond acceptors (Lipinski definition) is 7. The summed E-state index contributed by atoms with van der Waals surface area (Å²) in [7, 11) is -2.38. The standard InChI is InChI=1S/C27H28N2O4S4/c1-4-18(15-25-28(5-2)27-20-11-13-34-22(20)9-10-24(27)36-25)16-26-29(12-6-14-37(30,31)32)21-17-19(33-3)7-8-23(21)35-26/h7-11,13,15-17H,4-6,12,14H2,1-3H3/p+1. The van der Waals surface area contributed by atoms with Crippen LogP contribution in [0.4, 0.5) is 5.69 Å². The fourth-order valence-corrected chi connectivity index (χ4v) is 8.23. The number of anilines is 1. The van der Waals surface area contributed by atoms with E-state index in [-0.39, 0.29) is 5.75 Å². The Morgan fingerprint density at radius 3 is 2.70 bits per heavy atom. The van der Waals surface area contributed by atoms with Crippen LogP contribution in [0.2, 0.25) is 0 Å². The molecule has 37 heavy (non-hydrogen) atoms. The first-order valence-electron chi connectivity index (χ1n) is 12.1. The summed E-state index contributed by atoms with van der Waals surface area (Å²) in [4.78, 5) is 3.23. The van der Waals surface area contributed by atoms with Crippen molar-refractivity contribution in [2.24, 2.45) is 0 Å². The number of thiophene rings is 1. The molecule has 5 rings (SSSR count). The highest BCUT2D eigenvalue weighted by molar-refractivity contribution is 8.03. The van der Waals surface area contributed by atoms with Gasteiger partial charge < -0.3 is 9.64 Å². The van der Waals surface area contributed by atoms with Gasteiger partial charge in [0.25, 0.3) is 15.1 Å². The lowest BCUT2D eigenvalue weighted by Gasteiger charge is -2.21. The number of thiazole rings is 1. The van der Waals surface area contributed by atoms with Gasteiger partial charge >= 0.3 is 0 Å². The number of aromatic nitrogens is 1. The highest BCUT2D eigenvalue weighted by Gasteiger charge is 2.27. The molecule has 0 spiro atoms. The molecule has 1 aliphatic heterocycles. The third-order valence-electron chi connectivity index (χ3n) is 6.38. The Bertz CT molecular complexity index is 1630. The second-order valence-electron chi connectivity index (χ2n) is 8.71. The van der Waals surface area contributed by atoms with Gasteiger partial charge in [0.05, 0.1) is 29.0 Å². The Kier molecular flexibility index (Phi) is 7.65. The van der Waals surface area contributed by atoms with Gasteiger partial charge in [0.15, 0.2) is 0 Å². The summed E-state index contributed by atoms with van der Waals surface area (Å²) < 4.78 is 42.4. The first-order valence-corrected chi connectivity index (χ1v) is 16.3. The molecule has 2 aromatic carbocycles. The Morgan fingerprint density at radius 1 is 1.16 bits per heavy atom. The van der Waals surface area contributed by atoms with Crippen molar-refractivity contribution in [1.82, 2.24) is 0 Å². The predicted octanol–water partition coefficient (Wildman–Crippen LogP) is 6.96. The maximum Gasteiger partial charge on any atom is 0.264 e. The number of hydrogen-bond donors (Lipinski definition) is 1. The topological polar surface area (TPSA) is 70.7 Å². The summed E-state index contributed by atoms with van der Waals surface area (Å²) >= 11 is 5.25. The lowest BCUT2D eigenvalue weighted by Crippen LogP contribution is -2.33. The minimum absolute atomic E-state index is 0.271. The largest absolute Gasteiger partial charge is 0.497 e.